The Hall–Kier alpha value is -2.60. The number of aromatic nitrogens is 3. The Morgan fingerprint density at radius 2 is 1.46 bits per heavy atom. The van der Waals surface area contributed by atoms with Gasteiger partial charge in [0.15, 0.2) is 10.6 Å². The molecule has 0 aliphatic rings. The molecule has 2 aromatic carbocycles. The average molecular weight is 341 g/mol. The molecule has 0 saturated heterocycles. The molecule has 0 spiro atoms. The minimum absolute atomic E-state index is 0.544. The molecule has 0 fully saturated rings. The van der Waals surface area contributed by atoms with Crippen molar-refractivity contribution in [3.63, 3.8) is 0 Å². The monoisotopic (exact) mass is 341 g/mol. The molecule has 0 radical (unpaired) electrons. The summed E-state index contributed by atoms with van der Waals surface area (Å²) in [6, 6.07) is 15.6. The van der Waals surface area contributed by atoms with E-state index in [2.05, 4.69) is 10.2 Å². The third-order valence-corrected chi connectivity index (χ3v) is 3.78. The van der Waals surface area contributed by atoms with E-state index in [-0.39, 0.29) is 0 Å². The lowest BCUT2D eigenvalue weighted by Crippen LogP contribution is -1.99. The predicted octanol–water partition coefficient (Wildman–Crippen LogP) is 4.39. The van der Waals surface area contributed by atoms with Crippen LogP contribution >= 0.6 is 12.2 Å². The van der Waals surface area contributed by atoms with Crippen LogP contribution in [0.1, 0.15) is 13.8 Å². The van der Waals surface area contributed by atoms with Crippen LogP contribution in [0.3, 0.4) is 0 Å². The minimum Gasteiger partial charge on any atom is -0.494 e. The maximum atomic E-state index is 5.49. The molecule has 1 aromatic heterocycles. The number of nitrogens with one attached hydrogen (secondary N) is 1. The van der Waals surface area contributed by atoms with Gasteiger partial charge in [0.2, 0.25) is 0 Å². The van der Waals surface area contributed by atoms with Crippen LogP contribution in [0.2, 0.25) is 0 Å². The Labute approximate surface area is 145 Å². The zero-order valence-corrected chi connectivity index (χ0v) is 14.5. The van der Waals surface area contributed by atoms with Gasteiger partial charge in [0.05, 0.1) is 18.9 Å². The zero-order valence-electron chi connectivity index (χ0n) is 13.7. The van der Waals surface area contributed by atoms with Crippen LogP contribution in [-0.4, -0.2) is 28.0 Å². The fourth-order valence-corrected chi connectivity index (χ4v) is 2.69. The second kappa shape index (κ2) is 7.31. The number of aromatic amines is 1. The highest BCUT2D eigenvalue weighted by Gasteiger charge is 2.11. The molecule has 1 heterocycles. The van der Waals surface area contributed by atoms with Crippen molar-refractivity contribution in [3.05, 3.63) is 53.3 Å². The highest BCUT2D eigenvalue weighted by molar-refractivity contribution is 7.71. The lowest BCUT2D eigenvalue weighted by Gasteiger charge is -2.09. The third-order valence-electron chi connectivity index (χ3n) is 3.50. The van der Waals surface area contributed by atoms with E-state index in [1.54, 1.807) is 0 Å². The normalized spacial score (nSPS) is 10.6. The summed E-state index contributed by atoms with van der Waals surface area (Å²) in [7, 11) is 0. The van der Waals surface area contributed by atoms with Gasteiger partial charge in [-0.15, -0.1) is 0 Å². The molecule has 3 rings (SSSR count). The highest BCUT2D eigenvalue weighted by atomic mass is 32.1. The standard InChI is InChI=1S/C18H19N3O2S/c1-3-22-15-9-5-13(6-10-15)17-19-20-18(24)21(17)14-7-11-16(12-8-14)23-4-2/h5-12H,3-4H2,1-2H3,(H,20,24). The van der Waals surface area contributed by atoms with E-state index in [0.717, 1.165) is 28.6 Å². The van der Waals surface area contributed by atoms with E-state index < -0.39 is 0 Å². The zero-order chi connectivity index (χ0) is 16.9. The summed E-state index contributed by atoms with van der Waals surface area (Å²) in [6.07, 6.45) is 0. The van der Waals surface area contributed by atoms with Crippen molar-refractivity contribution < 1.29 is 9.47 Å². The maximum absolute atomic E-state index is 5.49. The molecule has 0 aliphatic carbocycles. The molecule has 0 aliphatic heterocycles. The first-order valence-electron chi connectivity index (χ1n) is 7.86. The summed E-state index contributed by atoms with van der Waals surface area (Å²) < 4.78 is 13.4. The van der Waals surface area contributed by atoms with E-state index in [1.165, 1.54) is 0 Å². The largest absolute Gasteiger partial charge is 0.494 e. The van der Waals surface area contributed by atoms with Crippen molar-refractivity contribution in [3.8, 4) is 28.6 Å². The van der Waals surface area contributed by atoms with E-state index in [1.807, 2.05) is 66.9 Å². The summed E-state index contributed by atoms with van der Waals surface area (Å²) in [5.74, 6) is 2.43. The topological polar surface area (TPSA) is 52.1 Å². The van der Waals surface area contributed by atoms with Crippen LogP contribution in [0.15, 0.2) is 48.5 Å². The molecule has 0 atom stereocenters. The van der Waals surface area contributed by atoms with Gasteiger partial charge >= 0.3 is 0 Å². The Balaban J connectivity index is 1.98. The van der Waals surface area contributed by atoms with Gasteiger partial charge in [-0.2, -0.15) is 5.10 Å². The average Bonchev–Trinajstić information content (AvgIpc) is 2.99. The smallest absolute Gasteiger partial charge is 0.200 e. The maximum Gasteiger partial charge on any atom is 0.200 e. The second-order valence-electron chi connectivity index (χ2n) is 5.07. The minimum atomic E-state index is 0.544. The first kappa shape index (κ1) is 16.3. The van der Waals surface area contributed by atoms with Crippen LogP contribution in [0.4, 0.5) is 0 Å². The Morgan fingerprint density at radius 1 is 0.917 bits per heavy atom. The van der Waals surface area contributed by atoms with Crippen molar-refractivity contribution >= 4 is 12.2 Å². The number of H-pyrrole nitrogens is 1. The van der Waals surface area contributed by atoms with Gasteiger partial charge in [0.1, 0.15) is 11.5 Å². The van der Waals surface area contributed by atoms with E-state index in [9.17, 15) is 0 Å². The SMILES string of the molecule is CCOc1ccc(-c2n[nH]c(=S)n2-c2ccc(OCC)cc2)cc1. The predicted molar refractivity (Wildman–Crippen MR) is 96.5 cm³/mol. The fraction of sp³-hybridized carbons (Fsp3) is 0.222. The van der Waals surface area contributed by atoms with Gasteiger partial charge in [0.25, 0.3) is 0 Å². The highest BCUT2D eigenvalue weighted by Crippen LogP contribution is 2.25. The molecule has 6 heteroatoms. The molecule has 0 bridgehead atoms. The van der Waals surface area contributed by atoms with E-state index in [4.69, 9.17) is 21.7 Å². The molecule has 5 nitrogen and oxygen atoms in total. The first-order valence-corrected chi connectivity index (χ1v) is 8.27. The molecule has 24 heavy (non-hydrogen) atoms. The number of ether oxygens (including phenoxy) is 2. The van der Waals surface area contributed by atoms with Crippen molar-refractivity contribution in [1.82, 2.24) is 14.8 Å². The van der Waals surface area contributed by atoms with Crippen molar-refractivity contribution in [2.24, 2.45) is 0 Å². The van der Waals surface area contributed by atoms with Gasteiger partial charge in [0, 0.05) is 5.56 Å². The Morgan fingerprint density at radius 3 is 2.00 bits per heavy atom. The van der Waals surface area contributed by atoms with Gasteiger partial charge in [-0.05, 0) is 74.6 Å². The van der Waals surface area contributed by atoms with Gasteiger partial charge in [-0.1, -0.05) is 0 Å². The molecule has 3 aromatic rings. The summed E-state index contributed by atoms with van der Waals surface area (Å²) in [5, 5.41) is 7.24. The van der Waals surface area contributed by atoms with Crippen molar-refractivity contribution in [2.75, 3.05) is 13.2 Å². The lowest BCUT2D eigenvalue weighted by molar-refractivity contribution is 0.340. The van der Waals surface area contributed by atoms with Crippen LogP contribution in [0, 0.1) is 4.77 Å². The molecule has 0 unspecified atom stereocenters. The van der Waals surface area contributed by atoms with Gasteiger partial charge in [-0.25, -0.2) is 0 Å². The van der Waals surface area contributed by atoms with Crippen molar-refractivity contribution in [1.29, 1.82) is 0 Å². The summed E-state index contributed by atoms with van der Waals surface area (Å²) in [4.78, 5) is 0. The summed E-state index contributed by atoms with van der Waals surface area (Å²) >= 11 is 5.40. The van der Waals surface area contributed by atoms with Crippen molar-refractivity contribution in [2.45, 2.75) is 13.8 Å². The summed E-state index contributed by atoms with van der Waals surface area (Å²) in [6.45, 7) is 5.21. The second-order valence-corrected chi connectivity index (χ2v) is 5.46. The molecule has 1 N–H and O–H groups in total. The van der Waals surface area contributed by atoms with E-state index >= 15 is 0 Å². The first-order chi connectivity index (χ1) is 11.7. The molecule has 0 amide bonds. The number of hydrogen-bond acceptors (Lipinski definition) is 4. The number of nitrogens with zero attached hydrogens (tertiary/aromatic N) is 2. The fourth-order valence-electron chi connectivity index (χ4n) is 2.46. The quantitative estimate of drug-likeness (QED) is 0.676. The van der Waals surface area contributed by atoms with Crippen LogP contribution in [-0.2, 0) is 0 Å². The van der Waals surface area contributed by atoms with Gasteiger partial charge < -0.3 is 9.47 Å². The molecular formula is C18H19N3O2S. The van der Waals surface area contributed by atoms with Gasteiger partial charge in [-0.3, -0.25) is 9.67 Å². The third kappa shape index (κ3) is 3.33. The number of benzene rings is 2. The summed E-state index contributed by atoms with van der Waals surface area (Å²) in [5.41, 5.74) is 1.89. The number of rotatable bonds is 6. The van der Waals surface area contributed by atoms with Crippen LogP contribution in [0.25, 0.3) is 17.1 Å². The van der Waals surface area contributed by atoms with Crippen LogP contribution < -0.4 is 9.47 Å². The molecule has 0 saturated carbocycles. The van der Waals surface area contributed by atoms with E-state index in [0.29, 0.717) is 18.0 Å². The Kier molecular flexibility index (Phi) is 4.96. The molecular weight excluding hydrogens is 322 g/mol. The number of hydrogen-bond donors (Lipinski definition) is 1. The Bertz CT molecular complexity index is 851. The lowest BCUT2D eigenvalue weighted by atomic mass is 10.2. The van der Waals surface area contributed by atoms with Crippen LogP contribution in [0.5, 0.6) is 11.5 Å². The molecule has 124 valence electrons.